The molecule has 0 saturated carbocycles. The van der Waals surface area contributed by atoms with Gasteiger partial charge in [-0.25, -0.2) is 0 Å². The second-order valence-electron chi connectivity index (χ2n) is 4.77. The molecule has 108 valence electrons. The highest BCUT2D eigenvalue weighted by atomic mass is 16.6. The fourth-order valence-corrected chi connectivity index (χ4v) is 2.22. The number of rotatable bonds is 5. The zero-order valence-corrected chi connectivity index (χ0v) is 11.2. The Morgan fingerprint density at radius 3 is 2.80 bits per heavy atom. The molecule has 1 saturated heterocycles. The van der Waals surface area contributed by atoms with Crippen molar-refractivity contribution in [3.8, 4) is 0 Å². The second kappa shape index (κ2) is 5.87. The van der Waals surface area contributed by atoms with Gasteiger partial charge in [0, 0.05) is 43.8 Å². The summed E-state index contributed by atoms with van der Waals surface area (Å²) in [5, 5.41) is 22.7. The van der Waals surface area contributed by atoms with Gasteiger partial charge >= 0.3 is 0 Å². The number of nitro benzene ring substituents is 1. The maximum atomic E-state index is 11.8. The first-order chi connectivity index (χ1) is 9.56. The van der Waals surface area contributed by atoms with Crippen molar-refractivity contribution in [2.45, 2.75) is 6.92 Å². The van der Waals surface area contributed by atoms with Crippen LogP contribution in [0.25, 0.3) is 0 Å². The van der Waals surface area contributed by atoms with Crippen molar-refractivity contribution in [1.29, 1.82) is 0 Å². The third-order valence-electron chi connectivity index (χ3n) is 3.33. The molecule has 0 aromatic heterocycles. The van der Waals surface area contributed by atoms with E-state index in [4.69, 9.17) is 5.11 Å². The Morgan fingerprint density at radius 2 is 2.25 bits per heavy atom. The number of hydrogen-bond acceptors (Lipinski definition) is 5. The van der Waals surface area contributed by atoms with Gasteiger partial charge in [0.05, 0.1) is 4.92 Å². The monoisotopic (exact) mass is 279 g/mol. The van der Waals surface area contributed by atoms with Crippen molar-refractivity contribution >= 4 is 17.3 Å². The fourth-order valence-electron chi connectivity index (χ4n) is 2.22. The molecule has 1 aliphatic rings. The van der Waals surface area contributed by atoms with E-state index in [1.165, 1.54) is 18.2 Å². The average molecular weight is 279 g/mol. The molecule has 1 amide bonds. The minimum absolute atomic E-state index is 0.0190. The van der Waals surface area contributed by atoms with Gasteiger partial charge in [0.1, 0.15) is 5.69 Å². The highest BCUT2D eigenvalue weighted by Gasteiger charge is 2.31. The third-order valence-corrected chi connectivity index (χ3v) is 3.33. The summed E-state index contributed by atoms with van der Waals surface area (Å²) in [6.07, 6.45) is 0. The predicted molar refractivity (Wildman–Crippen MR) is 73.9 cm³/mol. The number of benzene rings is 1. The van der Waals surface area contributed by atoms with Gasteiger partial charge in [-0.05, 0) is 19.1 Å². The van der Waals surface area contributed by atoms with Crippen LogP contribution in [0.3, 0.4) is 0 Å². The highest BCUT2D eigenvalue weighted by molar-refractivity contribution is 5.96. The standard InChI is InChI=1S/C13H17N3O4/c1-2-14-13(18)10-3-4-11(16(19)20)12(5-10)15-6-9(7-15)8-17/h3-5,9,17H,2,6-8H2,1H3,(H,14,18). The SMILES string of the molecule is CCNC(=O)c1ccc([N+](=O)[O-])c(N2CC(CO)C2)c1. The van der Waals surface area contributed by atoms with Gasteiger partial charge < -0.3 is 15.3 Å². The number of aliphatic hydroxyl groups excluding tert-OH is 1. The van der Waals surface area contributed by atoms with Crippen LogP contribution in [0.5, 0.6) is 0 Å². The Labute approximate surface area is 116 Å². The number of anilines is 1. The molecule has 1 aromatic carbocycles. The van der Waals surface area contributed by atoms with E-state index in [1.807, 2.05) is 11.8 Å². The van der Waals surface area contributed by atoms with Gasteiger partial charge in [0.25, 0.3) is 11.6 Å². The van der Waals surface area contributed by atoms with E-state index in [0.717, 1.165) is 0 Å². The number of aliphatic hydroxyl groups is 1. The fraction of sp³-hybridized carbons (Fsp3) is 0.462. The lowest BCUT2D eigenvalue weighted by Gasteiger charge is -2.39. The second-order valence-corrected chi connectivity index (χ2v) is 4.77. The minimum atomic E-state index is -0.455. The van der Waals surface area contributed by atoms with Gasteiger partial charge in [0.15, 0.2) is 0 Å². The van der Waals surface area contributed by atoms with Crippen LogP contribution < -0.4 is 10.2 Å². The molecular formula is C13H17N3O4. The maximum Gasteiger partial charge on any atom is 0.292 e. The van der Waals surface area contributed by atoms with Crippen LogP contribution in [-0.4, -0.2) is 42.2 Å². The molecule has 7 heteroatoms. The van der Waals surface area contributed by atoms with Crippen LogP contribution in [0.4, 0.5) is 11.4 Å². The van der Waals surface area contributed by atoms with E-state index in [-0.39, 0.29) is 24.1 Å². The zero-order valence-electron chi connectivity index (χ0n) is 11.2. The number of carbonyl (C=O) groups excluding carboxylic acids is 1. The van der Waals surface area contributed by atoms with Gasteiger partial charge in [-0.3, -0.25) is 14.9 Å². The van der Waals surface area contributed by atoms with Crippen LogP contribution >= 0.6 is 0 Å². The topological polar surface area (TPSA) is 95.7 Å². The lowest BCUT2D eigenvalue weighted by Crippen LogP contribution is -2.48. The van der Waals surface area contributed by atoms with Crippen LogP contribution in [-0.2, 0) is 0 Å². The summed E-state index contributed by atoms with van der Waals surface area (Å²) in [6.45, 7) is 3.51. The van der Waals surface area contributed by atoms with Crippen molar-refractivity contribution in [1.82, 2.24) is 5.32 Å². The summed E-state index contributed by atoms with van der Waals surface area (Å²) in [7, 11) is 0. The van der Waals surface area contributed by atoms with Gasteiger partial charge in [-0.2, -0.15) is 0 Å². The molecule has 7 nitrogen and oxygen atoms in total. The summed E-state index contributed by atoms with van der Waals surface area (Å²) >= 11 is 0. The molecular weight excluding hydrogens is 262 g/mol. The molecule has 1 aliphatic heterocycles. The average Bonchev–Trinajstić information content (AvgIpc) is 2.37. The number of nitro groups is 1. The maximum absolute atomic E-state index is 11.8. The lowest BCUT2D eigenvalue weighted by molar-refractivity contribution is -0.384. The minimum Gasteiger partial charge on any atom is -0.396 e. The first-order valence-corrected chi connectivity index (χ1v) is 6.49. The quantitative estimate of drug-likeness (QED) is 0.613. The van der Waals surface area contributed by atoms with Crippen molar-refractivity contribution in [2.24, 2.45) is 5.92 Å². The number of nitrogens with zero attached hydrogens (tertiary/aromatic N) is 2. The smallest absolute Gasteiger partial charge is 0.292 e. The molecule has 1 aromatic rings. The third kappa shape index (κ3) is 2.72. The van der Waals surface area contributed by atoms with Gasteiger partial charge in [-0.15, -0.1) is 0 Å². The van der Waals surface area contributed by atoms with Crippen LogP contribution in [0.2, 0.25) is 0 Å². The van der Waals surface area contributed by atoms with E-state index in [9.17, 15) is 14.9 Å². The normalized spacial score (nSPS) is 14.8. The molecule has 2 N–H and O–H groups in total. The lowest BCUT2D eigenvalue weighted by atomic mass is 9.99. The molecule has 0 bridgehead atoms. The van der Waals surface area contributed by atoms with Crippen molar-refractivity contribution in [3.63, 3.8) is 0 Å². The molecule has 2 rings (SSSR count). The molecule has 1 heterocycles. The Bertz CT molecular complexity index is 526. The summed E-state index contributed by atoms with van der Waals surface area (Å²) in [4.78, 5) is 24.2. The summed E-state index contributed by atoms with van der Waals surface area (Å²) in [5.41, 5.74) is 0.817. The molecule has 20 heavy (non-hydrogen) atoms. The van der Waals surface area contributed by atoms with E-state index < -0.39 is 4.92 Å². The molecule has 0 spiro atoms. The first kappa shape index (κ1) is 14.3. The van der Waals surface area contributed by atoms with E-state index in [0.29, 0.717) is 30.9 Å². The molecule has 0 atom stereocenters. The van der Waals surface area contributed by atoms with Crippen LogP contribution in [0.1, 0.15) is 17.3 Å². The van der Waals surface area contributed by atoms with Crippen molar-refractivity contribution in [2.75, 3.05) is 31.1 Å². The zero-order chi connectivity index (χ0) is 14.7. The summed E-state index contributed by atoms with van der Waals surface area (Å²) in [6, 6.07) is 4.35. The van der Waals surface area contributed by atoms with Crippen molar-refractivity contribution < 1.29 is 14.8 Å². The number of nitrogens with one attached hydrogen (secondary N) is 1. The number of carbonyl (C=O) groups is 1. The Morgan fingerprint density at radius 1 is 1.55 bits per heavy atom. The largest absolute Gasteiger partial charge is 0.396 e. The molecule has 0 unspecified atom stereocenters. The number of amides is 1. The Hall–Kier alpha value is -2.15. The van der Waals surface area contributed by atoms with E-state index >= 15 is 0 Å². The van der Waals surface area contributed by atoms with Gasteiger partial charge in [0.2, 0.25) is 0 Å². The molecule has 0 radical (unpaired) electrons. The molecule has 1 fully saturated rings. The van der Waals surface area contributed by atoms with Crippen LogP contribution in [0.15, 0.2) is 18.2 Å². The predicted octanol–water partition coefficient (Wildman–Crippen LogP) is 0.773. The number of hydrogen-bond donors (Lipinski definition) is 2. The summed E-state index contributed by atoms with van der Waals surface area (Å²) in [5.74, 6) is -0.106. The highest BCUT2D eigenvalue weighted by Crippen LogP contribution is 2.33. The van der Waals surface area contributed by atoms with Crippen LogP contribution in [0, 0.1) is 16.0 Å². The van der Waals surface area contributed by atoms with Gasteiger partial charge in [-0.1, -0.05) is 0 Å². The van der Waals surface area contributed by atoms with E-state index in [1.54, 1.807) is 0 Å². The Kier molecular flexibility index (Phi) is 4.19. The first-order valence-electron chi connectivity index (χ1n) is 6.49. The van der Waals surface area contributed by atoms with E-state index in [2.05, 4.69) is 5.32 Å². The molecule has 0 aliphatic carbocycles. The summed E-state index contributed by atoms with van der Waals surface area (Å²) < 4.78 is 0. The van der Waals surface area contributed by atoms with Crippen molar-refractivity contribution in [3.05, 3.63) is 33.9 Å². The Balaban J connectivity index is 2.28.